The van der Waals surface area contributed by atoms with Crippen LogP contribution in [-0.4, -0.2) is 18.5 Å². The van der Waals surface area contributed by atoms with E-state index in [4.69, 9.17) is 9.47 Å². The minimum Gasteiger partial charge on any atom is -0.488 e. The van der Waals surface area contributed by atoms with Crippen molar-refractivity contribution in [2.45, 2.75) is 13.5 Å². The number of halogens is 2. The maximum atomic E-state index is 13.0. The van der Waals surface area contributed by atoms with Crippen LogP contribution in [0.3, 0.4) is 0 Å². The Labute approximate surface area is 210 Å². The number of carbonyl (C=O) groups is 2. The highest BCUT2D eigenvalue weighted by Crippen LogP contribution is 2.24. The van der Waals surface area contributed by atoms with Gasteiger partial charge in [0, 0.05) is 5.69 Å². The standard InChI is InChI=1S/C26H20FIN2O4/c1-2-33-26(32)19-6-10-22(11-7-19)30-25(31)20(15-29)13-18-5-12-24(23(28)14-18)34-16-17-3-8-21(27)9-4-17/h3-14H,2,16H2,1H3,(H,30,31)/b20-13+. The maximum absolute atomic E-state index is 13.0. The van der Waals surface area contributed by atoms with Crippen LogP contribution in [0.4, 0.5) is 10.1 Å². The van der Waals surface area contributed by atoms with E-state index in [0.29, 0.717) is 22.6 Å². The summed E-state index contributed by atoms with van der Waals surface area (Å²) in [6, 6.07) is 19.5. The molecule has 34 heavy (non-hydrogen) atoms. The fourth-order valence-electron chi connectivity index (χ4n) is 2.88. The summed E-state index contributed by atoms with van der Waals surface area (Å²) in [6.07, 6.45) is 1.48. The molecule has 1 N–H and O–H groups in total. The van der Waals surface area contributed by atoms with Crippen molar-refractivity contribution in [2.75, 3.05) is 11.9 Å². The molecule has 1 amide bonds. The third kappa shape index (κ3) is 6.89. The van der Waals surface area contributed by atoms with Crippen molar-refractivity contribution >= 4 is 46.2 Å². The molecule has 3 rings (SSSR count). The summed E-state index contributed by atoms with van der Waals surface area (Å²) in [5.74, 6) is -0.692. The summed E-state index contributed by atoms with van der Waals surface area (Å²) in [5.41, 5.74) is 2.22. The van der Waals surface area contributed by atoms with Gasteiger partial charge in [-0.2, -0.15) is 5.26 Å². The van der Waals surface area contributed by atoms with Gasteiger partial charge < -0.3 is 14.8 Å². The first-order chi connectivity index (χ1) is 16.4. The highest BCUT2D eigenvalue weighted by atomic mass is 127. The molecule has 0 aliphatic rings. The smallest absolute Gasteiger partial charge is 0.338 e. The molecule has 0 saturated carbocycles. The number of rotatable bonds is 8. The molecule has 172 valence electrons. The molecule has 0 aliphatic carbocycles. The third-order valence-corrected chi connectivity index (χ3v) is 5.44. The Balaban J connectivity index is 1.66. The summed E-state index contributed by atoms with van der Waals surface area (Å²) in [4.78, 5) is 24.3. The van der Waals surface area contributed by atoms with E-state index in [2.05, 4.69) is 27.9 Å². The van der Waals surface area contributed by atoms with E-state index in [-0.39, 0.29) is 24.6 Å². The third-order valence-electron chi connectivity index (χ3n) is 4.59. The van der Waals surface area contributed by atoms with Gasteiger partial charge >= 0.3 is 5.97 Å². The molecule has 0 unspecified atom stereocenters. The van der Waals surface area contributed by atoms with Crippen molar-refractivity contribution < 1.29 is 23.5 Å². The second kappa shape index (κ2) is 12.0. The van der Waals surface area contributed by atoms with Gasteiger partial charge in [0.15, 0.2) is 0 Å². The van der Waals surface area contributed by atoms with Gasteiger partial charge in [-0.1, -0.05) is 18.2 Å². The van der Waals surface area contributed by atoms with Crippen LogP contribution in [0, 0.1) is 20.7 Å². The lowest BCUT2D eigenvalue weighted by Gasteiger charge is -2.09. The summed E-state index contributed by atoms with van der Waals surface area (Å²) in [7, 11) is 0. The van der Waals surface area contributed by atoms with Crippen LogP contribution in [0.25, 0.3) is 6.08 Å². The van der Waals surface area contributed by atoms with Crippen LogP contribution in [0.5, 0.6) is 5.75 Å². The zero-order valence-corrected chi connectivity index (χ0v) is 20.3. The Hall–Kier alpha value is -3.71. The van der Waals surface area contributed by atoms with Crippen molar-refractivity contribution in [1.29, 1.82) is 5.26 Å². The summed E-state index contributed by atoms with van der Waals surface area (Å²) in [6.45, 7) is 2.28. The van der Waals surface area contributed by atoms with Crippen molar-refractivity contribution in [3.8, 4) is 11.8 Å². The number of amides is 1. The average Bonchev–Trinajstić information content (AvgIpc) is 2.83. The Bertz CT molecular complexity index is 1250. The Morgan fingerprint density at radius 1 is 1.09 bits per heavy atom. The molecule has 3 aromatic carbocycles. The van der Waals surface area contributed by atoms with Gasteiger partial charge in [0.25, 0.3) is 5.91 Å². The molecule has 8 heteroatoms. The summed E-state index contributed by atoms with van der Waals surface area (Å²) < 4.78 is 24.5. The molecule has 0 aliphatic heterocycles. The van der Waals surface area contributed by atoms with E-state index in [0.717, 1.165) is 9.13 Å². The molecule has 6 nitrogen and oxygen atoms in total. The Kier molecular flexibility index (Phi) is 8.76. The lowest BCUT2D eigenvalue weighted by molar-refractivity contribution is -0.112. The highest BCUT2D eigenvalue weighted by Gasteiger charge is 2.12. The van der Waals surface area contributed by atoms with Crippen LogP contribution in [0.15, 0.2) is 72.3 Å². The fourth-order valence-corrected chi connectivity index (χ4v) is 3.58. The van der Waals surface area contributed by atoms with Gasteiger partial charge in [0.2, 0.25) is 0 Å². The van der Waals surface area contributed by atoms with Crippen LogP contribution in [-0.2, 0) is 16.1 Å². The van der Waals surface area contributed by atoms with E-state index < -0.39 is 11.9 Å². The zero-order valence-electron chi connectivity index (χ0n) is 18.2. The van der Waals surface area contributed by atoms with Crippen LogP contribution in [0.2, 0.25) is 0 Å². The molecule has 0 atom stereocenters. The first-order valence-electron chi connectivity index (χ1n) is 10.3. The first-order valence-corrected chi connectivity index (χ1v) is 11.3. The van der Waals surface area contributed by atoms with Crippen LogP contribution < -0.4 is 10.1 Å². The SMILES string of the molecule is CCOC(=O)c1ccc(NC(=O)/C(C#N)=C/c2ccc(OCc3ccc(F)cc3)c(I)c2)cc1. The number of nitrogens with zero attached hydrogens (tertiary/aromatic N) is 1. The van der Waals surface area contributed by atoms with Gasteiger partial charge in [-0.05, 0) is 95.2 Å². The quantitative estimate of drug-likeness (QED) is 0.162. The number of benzene rings is 3. The average molecular weight is 570 g/mol. The van der Waals surface area contributed by atoms with Crippen molar-refractivity contribution in [3.05, 3.63) is 98.4 Å². The zero-order chi connectivity index (χ0) is 24.5. The first kappa shape index (κ1) is 24.9. The minimum atomic E-state index is -0.571. The number of esters is 1. The molecule has 0 saturated heterocycles. The molecule has 0 heterocycles. The number of ether oxygens (including phenoxy) is 2. The number of hydrogen-bond donors (Lipinski definition) is 1. The van der Waals surface area contributed by atoms with E-state index in [1.807, 2.05) is 6.07 Å². The summed E-state index contributed by atoms with van der Waals surface area (Å²) in [5, 5.41) is 12.1. The van der Waals surface area contributed by atoms with E-state index in [1.165, 1.54) is 30.3 Å². The Morgan fingerprint density at radius 2 is 1.79 bits per heavy atom. The number of carbonyl (C=O) groups excluding carboxylic acids is 2. The number of nitrogens with one attached hydrogen (secondary N) is 1. The second-order valence-corrected chi connectivity index (χ2v) is 8.19. The highest BCUT2D eigenvalue weighted by molar-refractivity contribution is 14.1. The molecule has 3 aromatic rings. The van der Waals surface area contributed by atoms with Crippen molar-refractivity contribution in [3.63, 3.8) is 0 Å². The van der Waals surface area contributed by atoms with Gasteiger partial charge in [-0.3, -0.25) is 4.79 Å². The normalized spacial score (nSPS) is 10.8. The lowest BCUT2D eigenvalue weighted by atomic mass is 10.1. The molecule has 0 spiro atoms. The molecule has 0 bridgehead atoms. The molecule has 0 radical (unpaired) electrons. The van der Waals surface area contributed by atoms with Crippen LogP contribution in [0.1, 0.15) is 28.4 Å². The van der Waals surface area contributed by atoms with Gasteiger partial charge in [-0.25, -0.2) is 9.18 Å². The van der Waals surface area contributed by atoms with E-state index in [1.54, 1.807) is 49.4 Å². The van der Waals surface area contributed by atoms with Gasteiger partial charge in [-0.15, -0.1) is 0 Å². The topological polar surface area (TPSA) is 88.4 Å². The monoisotopic (exact) mass is 570 g/mol. The van der Waals surface area contributed by atoms with Crippen molar-refractivity contribution in [1.82, 2.24) is 0 Å². The van der Waals surface area contributed by atoms with E-state index in [9.17, 15) is 19.2 Å². The molecular weight excluding hydrogens is 550 g/mol. The largest absolute Gasteiger partial charge is 0.488 e. The number of nitriles is 1. The van der Waals surface area contributed by atoms with Gasteiger partial charge in [0.05, 0.1) is 15.7 Å². The van der Waals surface area contributed by atoms with Crippen molar-refractivity contribution in [2.24, 2.45) is 0 Å². The number of anilines is 1. The predicted octanol–water partition coefficient (Wildman–Crippen LogP) is 5.73. The predicted molar refractivity (Wildman–Crippen MR) is 135 cm³/mol. The van der Waals surface area contributed by atoms with Crippen LogP contribution >= 0.6 is 22.6 Å². The van der Waals surface area contributed by atoms with Gasteiger partial charge in [0.1, 0.15) is 29.8 Å². The lowest BCUT2D eigenvalue weighted by Crippen LogP contribution is -2.13. The Morgan fingerprint density at radius 3 is 2.41 bits per heavy atom. The second-order valence-electron chi connectivity index (χ2n) is 7.03. The molecular formula is C26H20FIN2O4. The van der Waals surface area contributed by atoms with E-state index >= 15 is 0 Å². The maximum Gasteiger partial charge on any atom is 0.338 e. The minimum absolute atomic E-state index is 0.0785. The molecule has 0 fully saturated rings. The molecule has 0 aromatic heterocycles. The fraction of sp³-hybridized carbons (Fsp3) is 0.115. The summed E-state index contributed by atoms with van der Waals surface area (Å²) >= 11 is 2.11. The number of hydrogen-bond acceptors (Lipinski definition) is 5.